The topological polar surface area (TPSA) is 90.1 Å². The third-order valence-electron chi connectivity index (χ3n) is 1.50. The summed E-state index contributed by atoms with van der Waals surface area (Å²) in [6.45, 7) is 5.88. The monoisotopic (exact) mass is 244 g/mol. The molecule has 0 radical (unpaired) electrons. The Labute approximate surface area is 98.4 Å². The second-order valence-electron chi connectivity index (χ2n) is 4.23. The molecule has 1 aromatic heterocycles. The van der Waals surface area contributed by atoms with E-state index in [1.807, 2.05) is 20.8 Å². The molecule has 3 N–H and O–H groups in total. The first-order chi connectivity index (χ1) is 7.37. The van der Waals surface area contributed by atoms with Gasteiger partial charge in [-0.25, -0.2) is 9.78 Å². The number of hydrogen-bond donors (Lipinski definition) is 2. The summed E-state index contributed by atoms with van der Waals surface area (Å²) in [5.74, 6) is 0.638. The molecular formula is C9H16N4O2S. The molecule has 0 atom stereocenters. The van der Waals surface area contributed by atoms with Crippen LogP contribution < -0.4 is 11.1 Å². The number of alkyl carbamates (subject to hydrolysis) is 1. The lowest BCUT2D eigenvalue weighted by Crippen LogP contribution is -2.33. The Morgan fingerprint density at radius 3 is 2.75 bits per heavy atom. The third kappa shape index (κ3) is 4.92. The Hall–Kier alpha value is -1.37. The standard InChI is InChI=1S/C9H16N4O2S/c1-9(2,3)15-8(14)11-5-4-6-12-7(10)16-13-6/h4-5H2,1-3H3,(H,11,14)(H2,10,12,13). The fourth-order valence-electron chi connectivity index (χ4n) is 0.960. The number of nitrogens with one attached hydrogen (secondary N) is 1. The van der Waals surface area contributed by atoms with Crippen LogP contribution in [0.4, 0.5) is 9.93 Å². The molecule has 0 saturated heterocycles. The Kier molecular flexibility index (Phi) is 4.05. The van der Waals surface area contributed by atoms with Crippen molar-refractivity contribution in [2.24, 2.45) is 0 Å². The van der Waals surface area contributed by atoms with Gasteiger partial charge in [-0.1, -0.05) is 0 Å². The van der Waals surface area contributed by atoms with Gasteiger partial charge in [0.25, 0.3) is 0 Å². The van der Waals surface area contributed by atoms with E-state index in [1.54, 1.807) is 0 Å². The molecule has 0 unspecified atom stereocenters. The molecule has 0 aliphatic rings. The van der Waals surface area contributed by atoms with E-state index in [2.05, 4.69) is 14.7 Å². The summed E-state index contributed by atoms with van der Waals surface area (Å²) in [6.07, 6.45) is 0.114. The van der Waals surface area contributed by atoms with Crippen molar-refractivity contribution in [2.75, 3.05) is 12.3 Å². The average Bonchev–Trinajstić information content (AvgIpc) is 2.48. The zero-order valence-corrected chi connectivity index (χ0v) is 10.4. The van der Waals surface area contributed by atoms with E-state index in [1.165, 1.54) is 0 Å². The van der Waals surface area contributed by atoms with Crippen LogP contribution in [0.2, 0.25) is 0 Å². The lowest BCUT2D eigenvalue weighted by molar-refractivity contribution is 0.0528. The lowest BCUT2D eigenvalue weighted by atomic mass is 10.2. The molecule has 0 saturated carbocycles. The molecule has 16 heavy (non-hydrogen) atoms. The average molecular weight is 244 g/mol. The normalized spacial score (nSPS) is 11.2. The van der Waals surface area contributed by atoms with E-state index >= 15 is 0 Å². The number of aromatic nitrogens is 2. The van der Waals surface area contributed by atoms with Crippen molar-refractivity contribution in [3.05, 3.63) is 5.82 Å². The predicted octanol–water partition coefficient (Wildman–Crippen LogP) is 1.19. The number of rotatable bonds is 3. The maximum absolute atomic E-state index is 11.3. The maximum Gasteiger partial charge on any atom is 0.407 e. The molecule has 0 aliphatic heterocycles. The van der Waals surface area contributed by atoms with E-state index in [9.17, 15) is 4.79 Å². The Morgan fingerprint density at radius 1 is 1.56 bits per heavy atom. The van der Waals surface area contributed by atoms with E-state index in [0.717, 1.165) is 11.5 Å². The molecular weight excluding hydrogens is 228 g/mol. The molecule has 1 amide bonds. The van der Waals surface area contributed by atoms with E-state index in [4.69, 9.17) is 10.5 Å². The number of nitrogens with zero attached hydrogens (tertiary/aromatic N) is 2. The fourth-order valence-corrected chi connectivity index (χ4v) is 1.44. The van der Waals surface area contributed by atoms with Crippen molar-refractivity contribution in [1.29, 1.82) is 0 Å². The highest BCUT2D eigenvalue weighted by atomic mass is 32.1. The molecule has 0 aromatic carbocycles. The van der Waals surface area contributed by atoms with Crippen LogP contribution in [0.1, 0.15) is 26.6 Å². The molecule has 1 aromatic rings. The van der Waals surface area contributed by atoms with Crippen LogP contribution in [0, 0.1) is 0 Å². The zero-order chi connectivity index (χ0) is 12.2. The molecule has 0 aliphatic carbocycles. The summed E-state index contributed by atoms with van der Waals surface area (Å²) >= 11 is 1.15. The summed E-state index contributed by atoms with van der Waals surface area (Å²) in [4.78, 5) is 15.2. The van der Waals surface area contributed by atoms with Crippen molar-refractivity contribution < 1.29 is 9.53 Å². The van der Waals surface area contributed by atoms with Crippen molar-refractivity contribution in [2.45, 2.75) is 32.8 Å². The van der Waals surface area contributed by atoms with Gasteiger partial charge in [-0.05, 0) is 20.8 Å². The number of nitrogen functional groups attached to an aromatic ring is 1. The minimum absolute atomic E-state index is 0.435. The van der Waals surface area contributed by atoms with Crippen LogP contribution in [0.25, 0.3) is 0 Å². The largest absolute Gasteiger partial charge is 0.444 e. The van der Waals surface area contributed by atoms with Gasteiger partial charge in [0.15, 0.2) is 5.13 Å². The molecule has 0 fully saturated rings. The van der Waals surface area contributed by atoms with Gasteiger partial charge < -0.3 is 15.8 Å². The highest BCUT2D eigenvalue weighted by molar-refractivity contribution is 7.09. The lowest BCUT2D eigenvalue weighted by Gasteiger charge is -2.19. The van der Waals surface area contributed by atoms with Crippen molar-refractivity contribution in [3.63, 3.8) is 0 Å². The van der Waals surface area contributed by atoms with Gasteiger partial charge in [-0.15, -0.1) is 0 Å². The summed E-state index contributed by atoms with van der Waals surface area (Å²) in [5.41, 5.74) is 4.95. The van der Waals surface area contributed by atoms with Crippen LogP contribution in [-0.2, 0) is 11.2 Å². The van der Waals surface area contributed by atoms with Gasteiger partial charge in [0.2, 0.25) is 0 Å². The summed E-state index contributed by atoms with van der Waals surface area (Å²) in [5, 5.41) is 3.06. The highest BCUT2D eigenvalue weighted by Crippen LogP contribution is 2.07. The molecule has 1 rings (SSSR count). The molecule has 7 heteroatoms. The number of hydrogen-bond acceptors (Lipinski definition) is 6. The second-order valence-corrected chi connectivity index (χ2v) is 5.01. The Balaban J connectivity index is 2.23. The van der Waals surface area contributed by atoms with Crippen LogP contribution in [0.3, 0.4) is 0 Å². The van der Waals surface area contributed by atoms with Crippen LogP contribution >= 0.6 is 11.5 Å². The number of ether oxygens (including phenoxy) is 1. The minimum Gasteiger partial charge on any atom is -0.444 e. The number of anilines is 1. The van der Waals surface area contributed by atoms with Gasteiger partial charge in [-0.2, -0.15) is 4.37 Å². The molecule has 90 valence electrons. The van der Waals surface area contributed by atoms with Gasteiger partial charge in [0.05, 0.1) is 0 Å². The first kappa shape index (κ1) is 12.7. The first-order valence-electron chi connectivity index (χ1n) is 4.92. The van der Waals surface area contributed by atoms with E-state index in [0.29, 0.717) is 23.9 Å². The zero-order valence-electron chi connectivity index (χ0n) is 9.61. The van der Waals surface area contributed by atoms with Crippen LogP contribution in [0.5, 0.6) is 0 Å². The summed E-state index contributed by atoms with van der Waals surface area (Å²) < 4.78 is 9.07. The number of nitrogens with two attached hydrogens (primary N) is 1. The quantitative estimate of drug-likeness (QED) is 0.833. The first-order valence-corrected chi connectivity index (χ1v) is 5.69. The fraction of sp³-hybridized carbons (Fsp3) is 0.667. The van der Waals surface area contributed by atoms with Gasteiger partial charge in [0, 0.05) is 24.5 Å². The Morgan fingerprint density at radius 2 is 2.25 bits per heavy atom. The van der Waals surface area contributed by atoms with Crippen molar-refractivity contribution >= 4 is 22.8 Å². The van der Waals surface area contributed by atoms with Gasteiger partial charge >= 0.3 is 6.09 Å². The highest BCUT2D eigenvalue weighted by Gasteiger charge is 2.15. The van der Waals surface area contributed by atoms with E-state index < -0.39 is 11.7 Å². The SMILES string of the molecule is CC(C)(C)OC(=O)NCCc1nsc(N)n1. The third-order valence-corrected chi connectivity index (χ3v) is 2.08. The molecule has 0 spiro atoms. The minimum atomic E-state index is -0.479. The summed E-state index contributed by atoms with van der Waals surface area (Å²) in [7, 11) is 0. The molecule has 6 nitrogen and oxygen atoms in total. The van der Waals surface area contributed by atoms with Gasteiger partial charge in [0.1, 0.15) is 11.4 Å². The van der Waals surface area contributed by atoms with Gasteiger partial charge in [-0.3, -0.25) is 0 Å². The Bertz CT molecular complexity index is 359. The number of carbonyl (C=O) groups excluding carboxylic acids is 1. The van der Waals surface area contributed by atoms with Crippen molar-refractivity contribution in [1.82, 2.24) is 14.7 Å². The maximum atomic E-state index is 11.3. The second kappa shape index (κ2) is 5.11. The number of amides is 1. The smallest absolute Gasteiger partial charge is 0.407 e. The summed E-state index contributed by atoms with van der Waals surface area (Å²) in [6, 6.07) is 0. The number of carbonyl (C=O) groups is 1. The predicted molar refractivity (Wildman–Crippen MR) is 62.3 cm³/mol. The van der Waals surface area contributed by atoms with E-state index in [-0.39, 0.29) is 0 Å². The molecule has 1 heterocycles. The molecule has 0 bridgehead atoms. The van der Waals surface area contributed by atoms with Crippen molar-refractivity contribution in [3.8, 4) is 0 Å². The van der Waals surface area contributed by atoms with Crippen LogP contribution in [0.15, 0.2) is 0 Å². The van der Waals surface area contributed by atoms with Crippen LogP contribution in [-0.4, -0.2) is 27.6 Å².